The number of carboxylic acids is 1. The third-order valence-electron chi connectivity index (χ3n) is 3.73. The predicted octanol–water partition coefficient (Wildman–Crippen LogP) is 1.83. The zero-order valence-electron chi connectivity index (χ0n) is 13.0. The predicted molar refractivity (Wildman–Crippen MR) is 80.0 cm³/mol. The van der Waals surface area contributed by atoms with E-state index in [1.54, 1.807) is 32.9 Å². The average Bonchev–Trinajstić information content (AvgIpc) is 2.46. The molecule has 0 aromatic heterocycles. The third kappa shape index (κ3) is 3.50. The molecular weight excluding hydrogens is 286 g/mol. The van der Waals surface area contributed by atoms with Crippen molar-refractivity contribution in [1.29, 1.82) is 0 Å². The zero-order chi connectivity index (χ0) is 16.3. The van der Waals surface area contributed by atoms with Crippen molar-refractivity contribution in [3.8, 4) is 11.5 Å². The van der Waals surface area contributed by atoms with E-state index in [2.05, 4.69) is 5.32 Å². The Kier molecular flexibility index (Phi) is 4.59. The van der Waals surface area contributed by atoms with E-state index in [1.807, 2.05) is 12.1 Å². The fourth-order valence-corrected chi connectivity index (χ4v) is 2.11. The first-order chi connectivity index (χ1) is 10.3. The second-order valence-corrected chi connectivity index (χ2v) is 6.04. The molecule has 2 rings (SSSR count). The Bertz CT molecular complexity index is 569. The average molecular weight is 307 g/mol. The van der Waals surface area contributed by atoms with Crippen LogP contribution in [-0.2, 0) is 9.59 Å². The van der Waals surface area contributed by atoms with E-state index in [1.165, 1.54) is 0 Å². The van der Waals surface area contributed by atoms with E-state index < -0.39 is 23.6 Å². The maximum atomic E-state index is 12.2. The topological polar surface area (TPSA) is 84.9 Å². The fourth-order valence-electron chi connectivity index (χ4n) is 2.11. The Morgan fingerprint density at radius 2 is 1.82 bits per heavy atom. The molecule has 0 aliphatic carbocycles. The number of hydrogen-bond donors (Lipinski definition) is 2. The highest BCUT2D eigenvalue weighted by Crippen LogP contribution is 2.33. The molecule has 120 valence electrons. The molecule has 2 atom stereocenters. The summed E-state index contributed by atoms with van der Waals surface area (Å²) in [5, 5.41) is 11.8. The smallest absolute Gasteiger partial charge is 0.309 e. The number of carbonyl (C=O) groups excluding carboxylic acids is 1. The highest BCUT2D eigenvalue weighted by molar-refractivity contribution is 5.82. The minimum atomic E-state index is -0.888. The lowest BCUT2D eigenvalue weighted by Crippen LogP contribution is -2.49. The van der Waals surface area contributed by atoms with Crippen LogP contribution in [0.25, 0.3) is 0 Å². The van der Waals surface area contributed by atoms with Gasteiger partial charge in [-0.15, -0.1) is 0 Å². The summed E-state index contributed by atoms with van der Waals surface area (Å²) in [4.78, 5) is 23.2. The maximum Gasteiger partial charge on any atom is 0.309 e. The van der Waals surface area contributed by atoms with Crippen molar-refractivity contribution in [2.24, 2.45) is 5.41 Å². The molecule has 22 heavy (non-hydrogen) atoms. The second-order valence-electron chi connectivity index (χ2n) is 6.04. The van der Waals surface area contributed by atoms with Gasteiger partial charge in [0.05, 0.1) is 5.41 Å². The number of ether oxygens (including phenoxy) is 2. The first-order valence-electron chi connectivity index (χ1n) is 7.25. The van der Waals surface area contributed by atoms with Crippen molar-refractivity contribution < 1.29 is 24.2 Å². The van der Waals surface area contributed by atoms with Crippen LogP contribution in [0.5, 0.6) is 11.5 Å². The summed E-state index contributed by atoms with van der Waals surface area (Å²) in [5.41, 5.74) is -0.880. The molecular formula is C16H21NO5. The van der Waals surface area contributed by atoms with Gasteiger partial charge in [-0.1, -0.05) is 12.1 Å². The molecule has 0 radical (unpaired) electrons. The van der Waals surface area contributed by atoms with Gasteiger partial charge in [0.2, 0.25) is 6.10 Å². The summed E-state index contributed by atoms with van der Waals surface area (Å²) < 4.78 is 11.4. The Balaban J connectivity index is 1.92. The van der Waals surface area contributed by atoms with E-state index in [-0.39, 0.29) is 12.5 Å². The first-order valence-corrected chi connectivity index (χ1v) is 7.25. The standard InChI is InChI=1S/C16H21NO5/c1-10-13(22-12-7-5-4-6-11(12)21-10)14(18)17-9-8-16(2,3)15(19)20/h4-7,10,13H,8-9H2,1-3H3,(H,17,18)(H,19,20). The van der Waals surface area contributed by atoms with Crippen molar-refractivity contribution in [3.63, 3.8) is 0 Å². The van der Waals surface area contributed by atoms with Gasteiger partial charge in [-0.3, -0.25) is 9.59 Å². The Labute approximate surface area is 129 Å². The van der Waals surface area contributed by atoms with Crippen molar-refractivity contribution in [2.45, 2.75) is 39.4 Å². The quantitative estimate of drug-likeness (QED) is 0.867. The van der Waals surface area contributed by atoms with Gasteiger partial charge in [0, 0.05) is 6.54 Å². The number of amides is 1. The van der Waals surface area contributed by atoms with Crippen LogP contribution >= 0.6 is 0 Å². The third-order valence-corrected chi connectivity index (χ3v) is 3.73. The summed E-state index contributed by atoms with van der Waals surface area (Å²) in [7, 11) is 0. The Morgan fingerprint density at radius 1 is 1.23 bits per heavy atom. The SMILES string of the molecule is CC1Oc2ccccc2OC1C(=O)NCCC(C)(C)C(=O)O. The van der Waals surface area contributed by atoms with Gasteiger partial charge < -0.3 is 19.9 Å². The van der Waals surface area contributed by atoms with Gasteiger partial charge >= 0.3 is 5.97 Å². The lowest BCUT2D eigenvalue weighted by molar-refractivity contribution is -0.147. The lowest BCUT2D eigenvalue weighted by atomic mass is 9.89. The number of nitrogens with one attached hydrogen (secondary N) is 1. The maximum absolute atomic E-state index is 12.2. The number of benzene rings is 1. The second kappa shape index (κ2) is 6.25. The van der Waals surface area contributed by atoms with Crippen LogP contribution in [0.3, 0.4) is 0 Å². The molecule has 0 bridgehead atoms. The van der Waals surface area contributed by atoms with Crippen LogP contribution in [-0.4, -0.2) is 35.7 Å². The number of carboxylic acid groups (broad SMARTS) is 1. The lowest BCUT2D eigenvalue weighted by Gasteiger charge is -2.31. The van der Waals surface area contributed by atoms with Crippen LogP contribution in [0.1, 0.15) is 27.2 Å². The summed E-state index contributed by atoms with van der Waals surface area (Å²) in [6.07, 6.45) is -0.822. The zero-order valence-corrected chi connectivity index (χ0v) is 13.0. The van der Waals surface area contributed by atoms with Crippen LogP contribution in [0.2, 0.25) is 0 Å². The summed E-state index contributed by atoms with van der Waals surface area (Å²) in [6, 6.07) is 7.18. The van der Waals surface area contributed by atoms with Crippen molar-refractivity contribution >= 4 is 11.9 Å². The normalized spacial score (nSPS) is 20.3. The molecule has 6 nitrogen and oxygen atoms in total. The minimum absolute atomic E-state index is 0.270. The monoisotopic (exact) mass is 307 g/mol. The van der Waals surface area contributed by atoms with E-state index in [0.29, 0.717) is 17.9 Å². The van der Waals surface area contributed by atoms with Crippen LogP contribution < -0.4 is 14.8 Å². The van der Waals surface area contributed by atoms with E-state index >= 15 is 0 Å². The van der Waals surface area contributed by atoms with E-state index in [9.17, 15) is 9.59 Å². The van der Waals surface area contributed by atoms with E-state index in [0.717, 1.165) is 0 Å². The van der Waals surface area contributed by atoms with Gasteiger partial charge in [-0.25, -0.2) is 0 Å². The molecule has 0 spiro atoms. The summed E-state index contributed by atoms with van der Waals surface area (Å²) >= 11 is 0. The Hall–Kier alpha value is -2.24. The molecule has 1 aliphatic heterocycles. The highest BCUT2D eigenvalue weighted by Gasteiger charge is 2.34. The van der Waals surface area contributed by atoms with Crippen LogP contribution in [0.15, 0.2) is 24.3 Å². The number of hydrogen-bond acceptors (Lipinski definition) is 4. The van der Waals surface area contributed by atoms with Crippen molar-refractivity contribution in [1.82, 2.24) is 5.32 Å². The first kappa shape index (κ1) is 16.1. The van der Waals surface area contributed by atoms with Crippen molar-refractivity contribution in [2.75, 3.05) is 6.54 Å². The molecule has 2 N–H and O–H groups in total. The molecule has 0 fully saturated rings. The number of para-hydroxylation sites is 2. The van der Waals surface area contributed by atoms with Gasteiger partial charge in [0.1, 0.15) is 6.10 Å². The van der Waals surface area contributed by atoms with Crippen molar-refractivity contribution in [3.05, 3.63) is 24.3 Å². The minimum Gasteiger partial charge on any atom is -0.482 e. The van der Waals surface area contributed by atoms with Gasteiger partial charge in [0.25, 0.3) is 5.91 Å². The van der Waals surface area contributed by atoms with Gasteiger partial charge in [-0.05, 0) is 39.3 Å². The number of rotatable bonds is 5. The molecule has 6 heteroatoms. The van der Waals surface area contributed by atoms with Gasteiger partial charge in [0.15, 0.2) is 11.5 Å². The highest BCUT2D eigenvalue weighted by atomic mass is 16.6. The van der Waals surface area contributed by atoms with E-state index in [4.69, 9.17) is 14.6 Å². The fraction of sp³-hybridized carbons (Fsp3) is 0.500. The number of fused-ring (bicyclic) bond motifs is 1. The molecule has 0 saturated heterocycles. The summed E-state index contributed by atoms with van der Waals surface area (Å²) in [5.74, 6) is -0.0397. The molecule has 0 saturated carbocycles. The summed E-state index contributed by atoms with van der Waals surface area (Å²) in [6.45, 7) is 5.29. The molecule has 2 unspecified atom stereocenters. The molecule has 1 aromatic carbocycles. The molecule has 1 amide bonds. The number of aliphatic carboxylic acids is 1. The molecule has 1 aromatic rings. The Morgan fingerprint density at radius 3 is 2.41 bits per heavy atom. The molecule has 1 heterocycles. The molecule has 1 aliphatic rings. The van der Waals surface area contributed by atoms with Gasteiger partial charge in [-0.2, -0.15) is 0 Å². The van der Waals surface area contributed by atoms with Crippen LogP contribution in [0, 0.1) is 5.41 Å². The number of carbonyl (C=O) groups is 2. The van der Waals surface area contributed by atoms with Crippen LogP contribution in [0.4, 0.5) is 0 Å². The largest absolute Gasteiger partial charge is 0.482 e.